The van der Waals surface area contributed by atoms with Gasteiger partial charge < -0.3 is 5.32 Å². The zero-order valence-electron chi connectivity index (χ0n) is 7.41. The molecule has 0 aromatic heterocycles. The highest BCUT2D eigenvalue weighted by molar-refractivity contribution is 4.95. The van der Waals surface area contributed by atoms with Gasteiger partial charge in [-0.3, -0.25) is 0 Å². The van der Waals surface area contributed by atoms with Crippen LogP contribution in [0, 0.1) is 0 Å². The molecule has 60 valence electrons. The summed E-state index contributed by atoms with van der Waals surface area (Å²) in [7, 11) is 2.02. The van der Waals surface area contributed by atoms with Crippen molar-refractivity contribution in [1.29, 1.82) is 0 Å². The SMILES string of the molecule is C=CCC.CNC1(C)CC1. The van der Waals surface area contributed by atoms with Crippen LogP contribution >= 0.6 is 0 Å². The second-order valence-electron chi connectivity index (χ2n) is 3.01. The first-order valence-electron chi connectivity index (χ1n) is 3.98. The van der Waals surface area contributed by atoms with Crippen LogP contribution in [0.2, 0.25) is 0 Å². The lowest BCUT2D eigenvalue weighted by Crippen LogP contribution is -2.21. The van der Waals surface area contributed by atoms with Crippen molar-refractivity contribution in [3.63, 3.8) is 0 Å². The molecular weight excluding hydrogens is 122 g/mol. The van der Waals surface area contributed by atoms with Crippen molar-refractivity contribution in [2.75, 3.05) is 7.05 Å². The third-order valence-electron chi connectivity index (χ3n) is 1.89. The topological polar surface area (TPSA) is 12.0 Å². The van der Waals surface area contributed by atoms with Crippen LogP contribution in [0.1, 0.15) is 33.1 Å². The lowest BCUT2D eigenvalue weighted by molar-refractivity contribution is 0.607. The maximum absolute atomic E-state index is 3.48. The van der Waals surface area contributed by atoms with Gasteiger partial charge in [-0.05, 0) is 33.2 Å². The summed E-state index contributed by atoms with van der Waals surface area (Å²) in [5.41, 5.74) is 0.542. The standard InChI is InChI=1S/C5H11N.C4H8/c1-5(6-2)3-4-5;1-3-4-2/h6H,3-4H2,1-2H3;3H,1,4H2,2H3. The van der Waals surface area contributed by atoms with Crippen molar-refractivity contribution in [2.45, 2.75) is 38.6 Å². The predicted molar refractivity (Wildman–Crippen MR) is 47.2 cm³/mol. The smallest absolute Gasteiger partial charge is 0.0151 e. The van der Waals surface area contributed by atoms with Crippen molar-refractivity contribution < 1.29 is 0 Å². The third-order valence-corrected chi connectivity index (χ3v) is 1.89. The second kappa shape index (κ2) is 4.51. The molecule has 0 aromatic carbocycles. The minimum Gasteiger partial charge on any atom is -0.315 e. The van der Waals surface area contributed by atoms with Gasteiger partial charge in [-0.15, -0.1) is 6.58 Å². The van der Waals surface area contributed by atoms with Crippen molar-refractivity contribution >= 4 is 0 Å². The van der Waals surface area contributed by atoms with E-state index in [9.17, 15) is 0 Å². The molecule has 1 fully saturated rings. The van der Waals surface area contributed by atoms with E-state index in [-0.39, 0.29) is 0 Å². The van der Waals surface area contributed by atoms with Crippen LogP contribution < -0.4 is 5.32 Å². The summed E-state index contributed by atoms with van der Waals surface area (Å²) >= 11 is 0. The van der Waals surface area contributed by atoms with E-state index in [0.717, 1.165) is 6.42 Å². The maximum Gasteiger partial charge on any atom is 0.0151 e. The van der Waals surface area contributed by atoms with Gasteiger partial charge in [0.15, 0.2) is 0 Å². The van der Waals surface area contributed by atoms with E-state index in [1.807, 2.05) is 13.1 Å². The molecule has 1 rings (SSSR count). The first-order valence-corrected chi connectivity index (χ1v) is 3.98. The van der Waals surface area contributed by atoms with Crippen LogP contribution in [0.3, 0.4) is 0 Å². The van der Waals surface area contributed by atoms with Crippen LogP contribution in [-0.4, -0.2) is 12.6 Å². The number of rotatable bonds is 2. The molecule has 1 saturated carbocycles. The first kappa shape index (κ1) is 9.70. The molecular formula is C9H19N. The summed E-state index contributed by atoms with van der Waals surface area (Å²) < 4.78 is 0. The fourth-order valence-electron chi connectivity index (χ4n) is 0.437. The van der Waals surface area contributed by atoms with Crippen LogP contribution in [0.5, 0.6) is 0 Å². The Balaban J connectivity index is 0.000000180. The van der Waals surface area contributed by atoms with Gasteiger partial charge in [0.2, 0.25) is 0 Å². The number of allylic oxidation sites excluding steroid dienone is 1. The zero-order chi connectivity index (χ0) is 8.04. The van der Waals surface area contributed by atoms with Gasteiger partial charge in [-0.2, -0.15) is 0 Å². The monoisotopic (exact) mass is 141 g/mol. The van der Waals surface area contributed by atoms with E-state index in [1.165, 1.54) is 12.8 Å². The summed E-state index contributed by atoms with van der Waals surface area (Å²) in [5.74, 6) is 0. The lowest BCUT2D eigenvalue weighted by Gasteiger charge is -2.01. The molecule has 0 aliphatic heterocycles. The van der Waals surface area contributed by atoms with Gasteiger partial charge in [-0.25, -0.2) is 0 Å². The summed E-state index contributed by atoms with van der Waals surface area (Å²) in [5, 5.41) is 3.22. The molecule has 0 heterocycles. The molecule has 0 atom stereocenters. The molecule has 1 aliphatic rings. The minimum absolute atomic E-state index is 0.542. The predicted octanol–water partition coefficient (Wildman–Crippen LogP) is 2.34. The molecule has 1 nitrogen and oxygen atoms in total. The fraction of sp³-hybridized carbons (Fsp3) is 0.778. The van der Waals surface area contributed by atoms with Crippen molar-refractivity contribution in [3.05, 3.63) is 12.7 Å². The Morgan fingerprint density at radius 2 is 2.00 bits per heavy atom. The molecule has 1 N–H and O–H groups in total. The molecule has 0 aromatic rings. The molecule has 1 heteroatoms. The highest BCUT2D eigenvalue weighted by Crippen LogP contribution is 2.33. The van der Waals surface area contributed by atoms with E-state index in [1.54, 1.807) is 0 Å². The van der Waals surface area contributed by atoms with Crippen molar-refractivity contribution in [3.8, 4) is 0 Å². The Morgan fingerprint density at radius 3 is 2.00 bits per heavy atom. The van der Waals surface area contributed by atoms with Crippen molar-refractivity contribution in [2.24, 2.45) is 0 Å². The Labute approximate surface area is 64.5 Å². The normalized spacial score (nSPS) is 18.7. The Hall–Kier alpha value is -0.300. The van der Waals surface area contributed by atoms with E-state index in [2.05, 4.69) is 25.7 Å². The average Bonchev–Trinajstić information content (AvgIpc) is 2.70. The van der Waals surface area contributed by atoms with Crippen LogP contribution in [0.25, 0.3) is 0 Å². The largest absolute Gasteiger partial charge is 0.315 e. The minimum atomic E-state index is 0.542. The van der Waals surface area contributed by atoms with Gasteiger partial charge in [0.1, 0.15) is 0 Å². The van der Waals surface area contributed by atoms with Crippen molar-refractivity contribution in [1.82, 2.24) is 5.32 Å². The second-order valence-corrected chi connectivity index (χ2v) is 3.01. The fourth-order valence-corrected chi connectivity index (χ4v) is 0.437. The van der Waals surface area contributed by atoms with E-state index < -0.39 is 0 Å². The quantitative estimate of drug-likeness (QED) is 0.582. The Bertz CT molecular complexity index is 92.9. The Morgan fingerprint density at radius 1 is 1.60 bits per heavy atom. The molecule has 10 heavy (non-hydrogen) atoms. The third kappa shape index (κ3) is 4.57. The zero-order valence-corrected chi connectivity index (χ0v) is 7.41. The van der Waals surface area contributed by atoms with Gasteiger partial charge in [0.05, 0.1) is 0 Å². The number of hydrogen-bond donors (Lipinski definition) is 1. The van der Waals surface area contributed by atoms with Crippen LogP contribution in [-0.2, 0) is 0 Å². The molecule has 0 saturated heterocycles. The molecule has 0 radical (unpaired) electrons. The van der Waals surface area contributed by atoms with Gasteiger partial charge in [0, 0.05) is 5.54 Å². The molecule has 0 bridgehead atoms. The Kier molecular flexibility index (Phi) is 4.37. The highest BCUT2D eigenvalue weighted by atomic mass is 15.0. The molecule has 0 spiro atoms. The first-order chi connectivity index (χ1) is 4.68. The number of hydrogen-bond acceptors (Lipinski definition) is 1. The van der Waals surface area contributed by atoms with Gasteiger partial charge in [0.25, 0.3) is 0 Å². The lowest BCUT2D eigenvalue weighted by atomic mass is 10.3. The van der Waals surface area contributed by atoms with Gasteiger partial charge in [-0.1, -0.05) is 13.0 Å². The molecule has 1 aliphatic carbocycles. The summed E-state index contributed by atoms with van der Waals surface area (Å²) in [6.07, 6.45) is 5.69. The summed E-state index contributed by atoms with van der Waals surface area (Å²) in [6.45, 7) is 7.78. The van der Waals surface area contributed by atoms with E-state index in [4.69, 9.17) is 0 Å². The summed E-state index contributed by atoms with van der Waals surface area (Å²) in [6, 6.07) is 0. The highest BCUT2D eigenvalue weighted by Gasteiger charge is 2.34. The van der Waals surface area contributed by atoms with Crippen LogP contribution in [0.4, 0.5) is 0 Å². The van der Waals surface area contributed by atoms with E-state index in [0.29, 0.717) is 5.54 Å². The van der Waals surface area contributed by atoms with Crippen LogP contribution in [0.15, 0.2) is 12.7 Å². The molecule has 0 unspecified atom stereocenters. The molecule has 0 amide bonds. The maximum atomic E-state index is 3.48. The number of nitrogens with one attached hydrogen (secondary N) is 1. The van der Waals surface area contributed by atoms with E-state index >= 15 is 0 Å². The average molecular weight is 141 g/mol. The van der Waals surface area contributed by atoms with Gasteiger partial charge >= 0.3 is 0 Å². The summed E-state index contributed by atoms with van der Waals surface area (Å²) in [4.78, 5) is 0.